The van der Waals surface area contributed by atoms with Crippen LogP contribution in [-0.4, -0.2) is 46.7 Å². The van der Waals surface area contributed by atoms with E-state index in [1.54, 1.807) is 40.8 Å². The number of nitrogens with zero attached hydrogens (tertiary/aromatic N) is 2. The standard InChI is InChI=1S/C12H20N2O3/c1-7-9-13(6)10(15)8(2)14(9)11(16)17-12(3,4)5/h7-9H,1H2,2-6H3/t8-,9+/m0/s1. The van der Waals surface area contributed by atoms with Crippen LogP contribution in [0.5, 0.6) is 0 Å². The first-order valence-corrected chi connectivity index (χ1v) is 5.59. The molecule has 1 fully saturated rings. The van der Waals surface area contributed by atoms with Gasteiger partial charge in [-0.3, -0.25) is 9.69 Å². The summed E-state index contributed by atoms with van der Waals surface area (Å²) in [5.41, 5.74) is -0.577. The Morgan fingerprint density at radius 3 is 2.41 bits per heavy atom. The quantitative estimate of drug-likeness (QED) is 0.654. The SMILES string of the molecule is C=C[C@@H]1N(C)C(=O)[C@H](C)N1C(=O)OC(C)(C)C. The molecule has 1 aliphatic rings. The predicted octanol–water partition coefficient (Wildman–Crippen LogP) is 1.60. The van der Waals surface area contributed by atoms with Crippen LogP contribution in [-0.2, 0) is 9.53 Å². The van der Waals surface area contributed by atoms with Crippen LogP contribution < -0.4 is 0 Å². The monoisotopic (exact) mass is 240 g/mol. The van der Waals surface area contributed by atoms with E-state index >= 15 is 0 Å². The molecule has 5 nitrogen and oxygen atoms in total. The van der Waals surface area contributed by atoms with Gasteiger partial charge in [-0.1, -0.05) is 6.58 Å². The van der Waals surface area contributed by atoms with Crippen molar-refractivity contribution in [3.63, 3.8) is 0 Å². The van der Waals surface area contributed by atoms with Crippen LogP contribution in [0.3, 0.4) is 0 Å². The number of amides is 2. The number of carbonyl (C=O) groups is 2. The highest BCUT2D eigenvalue weighted by Gasteiger charge is 2.44. The van der Waals surface area contributed by atoms with Gasteiger partial charge in [-0.25, -0.2) is 4.79 Å². The Hall–Kier alpha value is -1.52. The van der Waals surface area contributed by atoms with Crippen molar-refractivity contribution in [1.82, 2.24) is 9.80 Å². The first kappa shape index (κ1) is 13.5. The lowest BCUT2D eigenvalue weighted by atomic mass is 10.2. The fourth-order valence-corrected chi connectivity index (χ4v) is 1.81. The Labute approximate surface area is 102 Å². The van der Waals surface area contributed by atoms with Crippen LogP contribution >= 0.6 is 0 Å². The van der Waals surface area contributed by atoms with E-state index in [1.165, 1.54) is 9.80 Å². The molecule has 0 bridgehead atoms. The average molecular weight is 240 g/mol. The molecule has 0 saturated carbocycles. The van der Waals surface area contributed by atoms with E-state index in [9.17, 15) is 9.59 Å². The zero-order valence-electron chi connectivity index (χ0n) is 11.1. The lowest BCUT2D eigenvalue weighted by molar-refractivity contribution is -0.128. The van der Waals surface area contributed by atoms with Gasteiger partial charge in [0, 0.05) is 7.05 Å². The third kappa shape index (κ3) is 2.60. The highest BCUT2D eigenvalue weighted by atomic mass is 16.6. The predicted molar refractivity (Wildman–Crippen MR) is 64.3 cm³/mol. The number of rotatable bonds is 1. The van der Waals surface area contributed by atoms with Gasteiger partial charge in [-0.2, -0.15) is 0 Å². The van der Waals surface area contributed by atoms with Gasteiger partial charge in [0.25, 0.3) is 0 Å². The number of hydrogen-bond donors (Lipinski definition) is 0. The van der Waals surface area contributed by atoms with Crippen molar-refractivity contribution in [1.29, 1.82) is 0 Å². The van der Waals surface area contributed by atoms with Crippen molar-refractivity contribution in [3.05, 3.63) is 12.7 Å². The van der Waals surface area contributed by atoms with Crippen LogP contribution in [0.4, 0.5) is 4.79 Å². The maximum absolute atomic E-state index is 12.0. The van der Waals surface area contributed by atoms with Crippen molar-refractivity contribution >= 4 is 12.0 Å². The van der Waals surface area contributed by atoms with E-state index in [-0.39, 0.29) is 5.91 Å². The average Bonchev–Trinajstić information content (AvgIpc) is 2.39. The molecule has 0 N–H and O–H groups in total. The Bertz CT molecular complexity index is 346. The molecule has 1 aliphatic heterocycles. The molecule has 2 amide bonds. The van der Waals surface area contributed by atoms with Crippen molar-refractivity contribution < 1.29 is 14.3 Å². The second kappa shape index (κ2) is 4.39. The summed E-state index contributed by atoms with van der Waals surface area (Å²) >= 11 is 0. The van der Waals surface area contributed by atoms with Gasteiger partial charge in [0.15, 0.2) is 0 Å². The van der Waals surface area contributed by atoms with E-state index in [2.05, 4.69) is 6.58 Å². The summed E-state index contributed by atoms with van der Waals surface area (Å²) in [6.45, 7) is 10.7. The Morgan fingerprint density at radius 2 is 2.00 bits per heavy atom. The zero-order valence-corrected chi connectivity index (χ0v) is 11.1. The van der Waals surface area contributed by atoms with E-state index in [1.807, 2.05) is 0 Å². The molecule has 0 unspecified atom stereocenters. The Morgan fingerprint density at radius 1 is 1.47 bits per heavy atom. The number of carbonyl (C=O) groups excluding carboxylic acids is 2. The lowest BCUT2D eigenvalue weighted by Crippen LogP contribution is -2.44. The van der Waals surface area contributed by atoms with Crippen molar-refractivity contribution in [3.8, 4) is 0 Å². The van der Waals surface area contributed by atoms with Gasteiger partial charge in [0.05, 0.1) is 0 Å². The molecular weight excluding hydrogens is 220 g/mol. The fraction of sp³-hybridized carbons (Fsp3) is 0.667. The van der Waals surface area contributed by atoms with Crippen molar-refractivity contribution in [2.75, 3.05) is 7.05 Å². The molecule has 0 aliphatic carbocycles. The van der Waals surface area contributed by atoms with Gasteiger partial charge in [0.2, 0.25) is 5.91 Å². The molecule has 0 aromatic rings. The molecule has 17 heavy (non-hydrogen) atoms. The van der Waals surface area contributed by atoms with Gasteiger partial charge in [-0.05, 0) is 33.8 Å². The molecule has 1 heterocycles. The summed E-state index contributed by atoms with van der Waals surface area (Å²) < 4.78 is 5.28. The first-order valence-electron chi connectivity index (χ1n) is 5.59. The summed E-state index contributed by atoms with van der Waals surface area (Å²) in [5, 5.41) is 0. The number of hydrogen-bond acceptors (Lipinski definition) is 3. The van der Waals surface area contributed by atoms with Gasteiger partial charge >= 0.3 is 6.09 Å². The van der Waals surface area contributed by atoms with E-state index < -0.39 is 23.9 Å². The minimum Gasteiger partial charge on any atom is -0.444 e. The minimum absolute atomic E-state index is 0.110. The highest BCUT2D eigenvalue weighted by Crippen LogP contribution is 2.23. The first-order chi connectivity index (χ1) is 7.69. The van der Waals surface area contributed by atoms with Crippen molar-refractivity contribution in [2.24, 2.45) is 0 Å². The van der Waals surface area contributed by atoms with Crippen LogP contribution in [0.1, 0.15) is 27.7 Å². The summed E-state index contributed by atoms with van der Waals surface area (Å²) in [4.78, 5) is 26.7. The fourth-order valence-electron chi connectivity index (χ4n) is 1.81. The maximum atomic E-state index is 12.0. The Kier molecular flexibility index (Phi) is 3.50. The molecule has 0 spiro atoms. The Balaban J connectivity index is 2.92. The van der Waals surface area contributed by atoms with Gasteiger partial charge < -0.3 is 9.64 Å². The smallest absolute Gasteiger partial charge is 0.412 e. The minimum atomic E-state index is -0.577. The van der Waals surface area contributed by atoms with E-state index in [4.69, 9.17) is 4.74 Å². The maximum Gasteiger partial charge on any atom is 0.412 e. The van der Waals surface area contributed by atoms with Gasteiger partial charge in [-0.15, -0.1) is 0 Å². The molecule has 2 atom stereocenters. The summed E-state index contributed by atoms with van der Waals surface area (Å²) in [6, 6.07) is -0.516. The summed E-state index contributed by atoms with van der Waals surface area (Å²) in [5.74, 6) is -0.110. The number of likely N-dealkylation sites (N-methyl/N-ethyl adjacent to an activating group) is 1. The van der Waals surface area contributed by atoms with Crippen LogP contribution in [0.2, 0.25) is 0 Å². The molecule has 1 rings (SSSR count). The van der Waals surface area contributed by atoms with Gasteiger partial charge in [0.1, 0.15) is 17.8 Å². The second-order valence-electron chi connectivity index (χ2n) is 5.16. The largest absolute Gasteiger partial charge is 0.444 e. The number of ether oxygens (including phenoxy) is 1. The molecule has 0 aromatic carbocycles. The van der Waals surface area contributed by atoms with E-state index in [0.717, 1.165) is 0 Å². The summed E-state index contributed by atoms with van der Waals surface area (Å²) in [7, 11) is 1.65. The molecule has 5 heteroatoms. The molecular formula is C12H20N2O3. The molecule has 0 aromatic heterocycles. The summed E-state index contributed by atoms with van der Waals surface area (Å²) in [6.07, 6.45) is 0.630. The van der Waals surface area contributed by atoms with E-state index in [0.29, 0.717) is 0 Å². The molecule has 0 radical (unpaired) electrons. The zero-order chi connectivity index (χ0) is 13.4. The topological polar surface area (TPSA) is 49.9 Å². The van der Waals surface area contributed by atoms with Crippen LogP contribution in [0.25, 0.3) is 0 Å². The lowest BCUT2D eigenvalue weighted by Gasteiger charge is -2.29. The second-order valence-corrected chi connectivity index (χ2v) is 5.16. The molecule has 96 valence electrons. The third-order valence-corrected chi connectivity index (χ3v) is 2.62. The highest BCUT2D eigenvalue weighted by molar-refractivity contribution is 5.89. The van der Waals surface area contributed by atoms with Crippen molar-refractivity contribution in [2.45, 2.75) is 45.5 Å². The molecule has 1 saturated heterocycles. The third-order valence-electron chi connectivity index (χ3n) is 2.62. The van der Waals surface area contributed by atoms with Crippen LogP contribution in [0.15, 0.2) is 12.7 Å². The normalized spacial score (nSPS) is 25.1. The van der Waals surface area contributed by atoms with Crippen LogP contribution in [0, 0.1) is 0 Å².